The van der Waals surface area contributed by atoms with Gasteiger partial charge in [0.25, 0.3) is 11.5 Å². The molecule has 19 heavy (non-hydrogen) atoms. The predicted octanol–water partition coefficient (Wildman–Crippen LogP) is 3.01. The van der Waals surface area contributed by atoms with Crippen LogP contribution in [0.2, 0.25) is 0 Å². The molecule has 0 spiro atoms. The Morgan fingerprint density at radius 3 is 2.63 bits per heavy atom. The molecule has 5 heteroatoms. The van der Waals surface area contributed by atoms with Gasteiger partial charge in [0.1, 0.15) is 5.56 Å². The summed E-state index contributed by atoms with van der Waals surface area (Å²) in [5.41, 5.74) is 2.11. The van der Waals surface area contributed by atoms with E-state index in [1.165, 1.54) is 6.20 Å². The first-order chi connectivity index (χ1) is 8.99. The number of aromatic nitrogens is 1. The van der Waals surface area contributed by atoms with Gasteiger partial charge < -0.3 is 10.3 Å². The number of pyridine rings is 1. The van der Waals surface area contributed by atoms with Gasteiger partial charge in [0.15, 0.2) is 0 Å². The number of benzene rings is 1. The van der Waals surface area contributed by atoms with Crippen molar-refractivity contribution in [3.05, 3.63) is 62.0 Å². The summed E-state index contributed by atoms with van der Waals surface area (Å²) in [4.78, 5) is 26.3. The van der Waals surface area contributed by atoms with Gasteiger partial charge >= 0.3 is 0 Å². The lowest BCUT2D eigenvalue weighted by atomic mass is 10.1. The van der Waals surface area contributed by atoms with E-state index < -0.39 is 5.91 Å². The molecular weight excluding hydrogens is 308 g/mol. The summed E-state index contributed by atoms with van der Waals surface area (Å²) in [7, 11) is 0. The third-order valence-electron chi connectivity index (χ3n) is 2.77. The highest BCUT2D eigenvalue weighted by molar-refractivity contribution is 9.10. The second kappa shape index (κ2) is 5.40. The van der Waals surface area contributed by atoms with Crippen molar-refractivity contribution in [2.75, 3.05) is 5.32 Å². The van der Waals surface area contributed by atoms with Crippen LogP contribution >= 0.6 is 15.9 Å². The van der Waals surface area contributed by atoms with Gasteiger partial charge in [-0.05, 0) is 59.1 Å². The zero-order valence-electron chi connectivity index (χ0n) is 10.6. The van der Waals surface area contributed by atoms with Crippen molar-refractivity contribution in [2.45, 2.75) is 13.8 Å². The highest BCUT2D eigenvalue weighted by Gasteiger charge is 2.14. The number of amides is 1. The molecule has 0 saturated heterocycles. The molecule has 0 saturated carbocycles. The lowest BCUT2D eigenvalue weighted by molar-refractivity contribution is 0.102. The summed E-state index contributed by atoms with van der Waals surface area (Å²) in [6, 6.07) is 7.28. The fraction of sp³-hybridized carbons (Fsp3) is 0.143. The summed E-state index contributed by atoms with van der Waals surface area (Å²) in [5, 5.41) is 2.73. The second-order valence-corrected chi connectivity index (χ2v) is 5.16. The molecule has 1 heterocycles. The van der Waals surface area contributed by atoms with Crippen LogP contribution in [0.15, 0.2) is 39.7 Å². The Kier molecular flexibility index (Phi) is 3.85. The first-order valence-electron chi connectivity index (χ1n) is 5.75. The van der Waals surface area contributed by atoms with E-state index in [1.54, 1.807) is 19.1 Å². The fourth-order valence-electron chi connectivity index (χ4n) is 1.77. The van der Waals surface area contributed by atoms with Crippen LogP contribution in [0, 0.1) is 13.8 Å². The van der Waals surface area contributed by atoms with Gasteiger partial charge in [-0.1, -0.05) is 6.07 Å². The van der Waals surface area contributed by atoms with Crippen LogP contribution in [-0.2, 0) is 0 Å². The molecule has 4 nitrogen and oxygen atoms in total. The number of hydrogen-bond acceptors (Lipinski definition) is 2. The zero-order valence-corrected chi connectivity index (χ0v) is 12.2. The number of carbonyl (C=O) groups is 1. The molecule has 0 fully saturated rings. The SMILES string of the molecule is Cc1ccc(NC(=O)c2c(C)cc[nH]c2=O)c(Br)c1. The average molecular weight is 321 g/mol. The fourth-order valence-corrected chi connectivity index (χ4v) is 2.36. The topological polar surface area (TPSA) is 62.0 Å². The molecule has 0 unspecified atom stereocenters. The summed E-state index contributed by atoms with van der Waals surface area (Å²) in [6.07, 6.45) is 1.52. The van der Waals surface area contributed by atoms with Gasteiger partial charge in [0.05, 0.1) is 5.69 Å². The minimum atomic E-state index is -0.413. The normalized spacial score (nSPS) is 10.3. The van der Waals surface area contributed by atoms with E-state index in [0.29, 0.717) is 11.3 Å². The number of nitrogens with one attached hydrogen (secondary N) is 2. The first-order valence-corrected chi connectivity index (χ1v) is 6.54. The number of rotatable bonds is 2. The first kappa shape index (κ1) is 13.5. The van der Waals surface area contributed by atoms with Crippen LogP contribution in [0.3, 0.4) is 0 Å². The lowest BCUT2D eigenvalue weighted by Gasteiger charge is -2.09. The van der Waals surface area contributed by atoms with Gasteiger partial charge in [-0.2, -0.15) is 0 Å². The quantitative estimate of drug-likeness (QED) is 0.893. The standard InChI is InChI=1S/C14H13BrN2O2/c1-8-3-4-11(10(15)7-8)17-14(19)12-9(2)5-6-16-13(12)18/h3-7H,1-2H3,(H,16,18)(H,17,19). The van der Waals surface area contributed by atoms with Crippen molar-refractivity contribution in [2.24, 2.45) is 0 Å². The van der Waals surface area contributed by atoms with E-state index in [9.17, 15) is 9.59 Å². The van der Waals surface area contributed by atoms with Gasteiger partial charge in [-0.15, -0.1) is 0 Å². The highest BCUT2D eigenvalue weighted by Crippen LogP contribution is 2.23. The van der Waals surface area contributed by atoms with Crippen LogP contribution in [0.1, 0.15) is 21.5 Å². The average Bonchev–Trinajstić information content (AvgIpc) is 2.32. The molecule has 0 atom stereocenters. The highest BCUT2D eigenvalue weighted by atomic mass is 79.9. The molecular formula is C14H13BrN2O2. The second-order valence-electron chi connectivity index (χ2n) is 4.30. The number of aromatic amines is 1. The minimum Gasteiger partial charge on any atom is -0.328 e. The van der Waals surface area contributed by atoms with E-state index in [1.807, 2.05) is 19.1 Å². The Labute approximate surface area is 119 Å². The Morgan fingerprint density at radius 1 is 1.26 bits per heavy atom. The number of H-pyrrole nitrogens is 1. The smallest absolute Gasteiger partial charge is 0.261 e. The summed E-state index contributed by atoms with van der Waals surface area (Å²) in [6.45, 7) is 3.69. The lowest BCUT2D eigenvalue weighted by Crippen LogP contribution is -2.24. The molecule has 1 aromatic carbocycles. The van der Waals surface area contributed by atoms with Gasteiger partial charge in [-0.25, -0.2) is 0 Å². The Balaban J connectivity index is 2.34. The van der Waals surface area contributed by atoms with Crippen LogP contribution in [0.5, 0.6) is 0 Å². The molecule has 0 aliphatic carbocycles. The van der Waals surface area contributed by atoms with Crippen molar-refractivity contribution < 1.29 is 4.79 Å². The van der Waals surface area contributed by atoms with Crippen molar-refractivity contribution in [1.29, 1.82) is 0 Å². The molecule has 1 amide bonds. The Bertz CT molecular complexity index is 692. The summed E-state index contributed by atoms with van der Waals surface area (Å²) < 4.78 is 0.783. The summed E-state index contributed by atoms with van der Waals surface area (Å²) >= 11 is 3.38. The number of aryl methyl sites for hydroxylation is 2. The van der Waals surface area contributed by atoms with Gasteiger partial charge in [0, 0.05) is 10.7 Å². The van der Waals surface area contributed by atoms with Crippen molar-refractivity contribution in [3.63, 3.8) is 0 Å². The van der Waals surface area contributed by atoms with Crippen LogP contribution in [0.25, 0.3) is 0 Å². The summed E-state index contributed by atoms with van der Waals surface area (Å²) in [5.74, 6) is -0.413. The molecule has 1 aromatic heterocycles. The number of hydrogen-bond donors (Lipinski definition) is 2. The van der Waals surface area contributed by atoms with Gasteiger partial charge in [-0.3, -0.25) is 9.59 Å². The Morgan fingerprint density at radius 2 is 2.00 bits per heavy atom. The Hall–Kier alpha value is -1.88. The van der Waals surface area contributed by atoms with E-state index in [-0.39, 0.29) is 11.1 Å². The number of halogens is 1. The molecule has 98 valence electrons. The molecule has 0 radical (unpaired) electrons. The van der Waals surface area contributed by atoms with Crippen molar-refractivity contribution in [1.82, 2.24) is 4.98 Å². The maximum absolute atomic E-state index is 12.1. The van der Waals surface area contributed by atoms with Gasteiger partial charge in [0.2, 0.25) is 0 Å². The monoisotopic (exact) mass is 320 g/mol. The van der Waals surface area contributed by atoms with Crippen LogP contribution < -0.4 is 10.9 Å². The molecule has 0 bridgehead atoms. The molecule has 2 aromatic rings. The number of anilines is 1. The van der Waals surface area contributed by atoms with Crippen molar-refractivity contribution in [3.8, 4) is 0 Å². The molecule has 0 aliphatic heterocycles. The van der Waals surface area contributed by atoms with E-state index in [0.717, 1.165) is 10.0 Å². The van der Waals surface area contributed by atoms with E-state index in [4.69, 9.17) is 0 Å². The minimum absolute atomic E-state index is 0.134. The molecule has 2 N–H and O–H groups in total. The number of carbonyl (C=O) groups excluding carboxylic acids is 1. The maximum Gasteiger partial charge on any atom is 0.261 e. The maximum atomic E-state index is 12.1. The van der Waals surface area contributed by atoms with E-state index in [2.05, 4.69) is 26.2 Å². The molecule has 2 rings (SSSR count). The van der Waals surface area contributed by atoms with Crippen LogP contribution in [0.4, 0.5) is 5.69 Å². The van der Waals surface area contributed by atoms with E-state index >= 15 is 0 Å². The molecule has 0 aliphatic rings. The third kappa shape index (κ3) is 2.93. The predicted molar refractivity (Wildman–Crippen MR) is 78.6 cm³/mol. The zero-order chi connectivity index (χ0) is 14.0. The van der Waals surface area contributed by atoms with Crippen molar-refractivity contribution >= 4 is 27.5 Å². The largest absolute Gasteiger partial charge is 0.328 e. The van der Waals surface area contributed by atoms with Crippen LogP contribution in [-0.4, -0.2) is 10.9 Å². The third-order valence-corrected chi connectivity index (χ3v) is 3.43.